The van der Waals surface area contributed by atoms with Gasteiger partial charge in [0.2, 0.25) is 0 Å². The first-order valence-corrected chi connectivity index (χ1v) is 15.0. The van der Waals surface area contributed by atoms with Crippen LogP contribution in [-0.2, 0) is 12.0 Å². The number of halogens is 1. The van der Waals surface area contributed by atoms with Crippen molar-refractivity contribution in [1.29, 1.82) is 0 Å². The van der Waals surface area contributed by atoms with E-state index in [4.69, 9.17) is 4.98 Å². The summed E-state index contributed by atoms with van der Waals surface area (Å²) < 4.78 is 0.944. The molecule has 204 valence electrons. The van der Waals surface area contributed by atoms with Crippen LogP contribution in [-0.4, -0.2) is 48.7 Å². The first-order valence-electron chi connectivity index (χ1n) is 14.2. The monoisotopic (exact) mass is 593 g/mol. The van der Waals surface area contributed by atoms with Crippen LogP contribution in [0.2, 0.25) is 0 Å². The molecule has 1 fully saturated rings. The molecule has 0 aliphatic carbocycles. The Balaban J connectivity index is 1.60. The second-order valence-corrected chi connectivity index (χ2v) is 12.2. The molecule has 6 rings (SSSR count). The van der Waals surface area contributed by atoms with Gasteiger partial charge in [0.05, 0.1) is 5.52 Å². The van der Waals surface area contributed by atoms with Crippen molar-refractivity contribution in [1.82, 2.24) is 9.88 Å². The van der Waals surface area contributed by atoms with Crippen LogP contribution < -0.4 is 4.90 Å². The van der Waals surface area contributed by atoms with Gasteiger partial charge in [0.15, 0.2) is 0 Å². The number of anilines is 1. The van der Waals surface area contributed by atoms with Crippen molar-refractivity contribution in [2.75, 3.05) is 38.6 Å². The van der Waals surface area contributed by atoms with Crippen LogP contribution in [0.5, 0.6) is 0 Å². The normalized spacial score (nSPS) is 15.3. The van der Waals surface area contributed by atoms with Gasteiger partial charge in [0.25, 0.3) is 0 Å². The molecule has 1 aromatic heterocycles. The van der Waals surface area contributed by atoms with Gasteiger partial charge in [0, 0.05) is 41.5 Å². The van der Waals surface area contributed by atoms with Gasteiger partial charge in [-0.15, -0.1) is 0 Å². The minimum Gasteiger partial charge on any atom is -0.380 e. The number of aromatic nitrogens is 1. The molecule has 5 heteroatoms. The van der Waals surface area contributed by atoms with E-state index in [1.807, 2.05) is 0 Å². The van der Waals surface area contributed by atoms with Gasteiger partial charge < -0.3 is 14.9 Å². The minimum absolute atomic E-state index is 0.548. The largest absolute Gasteiger partial charge is 0.380 e. The van der Waals surface area contributed by atoms with E-state index in [9.17, 15) is 5.11 Å². The van der Waals surface area contributed by atoms with Crippen molar-refractivity contribution < 1.29 is 5.11 Å². The summed E-state index contributed by atoms with van der Waals surface area (Å²) in [7, 11) is 4.12. The van der Waals surface area contributed by atoms with E-state index in [0.29, 0.717) is 6.42 Å². The Morgan fingerprint density at radius 2 is 1.57 bits per heavy atom. The molecule has 1 N–H and O–H groups in total. The van der Waals surface area contributed by atoms with Crippen LogP contribution in [0.15, 0.2) is 95.5 Å². The van der Waals surface area contributed by atoms with Crippen molar-refractivity contribution in [3.8, 4) is 0 Å². The lowest BCUT2D eigenvalue weighted by atomic mass is 9.80. The summed E-state index contributed by atoms with van der Waals surface area (Å²) in [6, 6.07) is 31.7. The molecule has 1 atom stereocenters. The number of rotatable bonds is 8. The van der Waals surface area contributed by atoms with Crippen molar-refractivity contribution >= 4 is 43.4 Å². The summed E-state index contributed by atoms with van der Waals surface area (Å²) in [6.45, 7) is 2.76. The van der Waals surface area contributed by atoms with Gasteiger partial charge in [-0.1, -0.05) is 88.7 Å². The van der Waals surface area contributed by atoms with Gasteiger partial charge >= 0.3 is 0 Å². The standard InChI is InChI=1S/C35H36BrN3O/c1-38(2)20-17-35(40,31-16-10-14-26-13-6-7-15-30(26)31)32-24-29(36)23-27-22-28(21-25-11-4-3-5-12-25)34(37-33(27)32)39-18-8-9-19-39/h3-7,10-16,22-24,40H,8-9,17-21H2,1-2H3. The lowest BCUT2D eigenvalue weighted by molar-refractivity contribution is 0.0656. The summed E-state index contributed by atoms with van der Waals surface area (Å²) in [5.41, 5.74) is 3.91. The molecule has 1 unspecified atom stereocenters. The van der Waals surface area contributed by atoms with Crippen molar-refractivity contribution in [3.63, 3.8) is 0 Å². The number of hydrogen-bond donors (Lipinski definition) is 1. The fourth-order valence-corrected chi connectivity index (χ4v) is 6.61. The fourth-order valence-electron chi connectivity index (χ4n) is 6.13. The zero-order valence-corrected chi connectivity index (χ0v) is 24.9. The van der Waals surface area contributed by atoms with Gasteiger partial charge in [-0.2, -0.15) is 0 Å². The Labute approximate surface area is 245 Å². The van der Waals surface area contributed by atoms with Crippen molar-refractivity contribution in [2.24, 2.45) is 0 Å². The molecule has 0 amide bonds. The number of nitrogens with zero attached hydrogens (tertiary/aromatic N) is 3. The highest BCUT2D eigenvalue weighted by atomic mass is 79.9. The number of benzene rings is 4. The lowest BCUT2D eigenvalue weighted by Crippen LogP contribution is -2.33. The Kier molecular flexibility index (Phi) is 7.63. The van der Waals surface area contributed by atoms with E-state index in [1.165, 1.54) is 24.0 Å². The zero-order chi connectivity index (χ0) is 27.7. The summed E-state index contributed by atoms with van der Waals surface area (Å²) in [6.07, 6.45) is 3.73. The highest BCUT2D eigenvalue weighted by Gasteiger charge is 2.36. The molecule has 4 nitrogen and oxygen atoms in total. The molecule has 2 heterocycles. The van der Waals surface area contributed by atoms with Gasteiger partial charge in [-0.05, 0) is 79.0 Å². The fraction of sp³-hybridized carbons (Fsp3) is 0.286. The van der Waals surface area contributed by atoms with Crippen LogP contribution in [0.25, 0.3) is 21.7 Å². The van der Waals surface area contributed by atoms with Crippen LogP contribution in [0.4, 0.5) is 5.82 Å². The molecule has 4 aromatic carbocycles. The summed E-state index contributed by atoms with van der Waals surface area (Å²) >= 11 is 3.79. The highest BCUT2D eigenvalue weighted by Crippen LogP contribution is 2.42. The smallest absolute Gasteiger partial charge is 0.132 e. The quantitative estimate of drug-likeness (QED) is 0.202. The van der Waals surface area contributed by atoms with E-state index in [2.05, 4.69) is 131 Å². The maximum Gasteiger partial charge on any atom is 0.132 e. The van der Waals surface area contributed by atoms with E-state index < -0.39 is 5.60 Å². The number of fused-ring (bicyclic) bond motifs is 2. The molecule has 0 spiro atoms. The Morgan fingerprint density at radius 3 is 2.35 bits per heavy atom. The zero-order valence-electron chi connectivity index (χ0n) is 23.3. The van der Waals surface area contributed by atoms with Crippen molar-refractivity contribution in [3.05, 3.63) is 118 Å². The number of hydrogen-bond acceptors (Lipinski definition) is 4. The lowest BCUT2D eigenvalue weighted by Gasteiger charge is -2.33. The first-order chi connectivity index (χ1) is 19.4. The summed E-state index contributed by atoms with van der Waals surface area (Å²) in [5, 5.41) is 16.1. The Hall–Kier alpha value is -3.25. The van der Waals surface area contributed by atoms with E-state index in [-0.39, 0.29) is 0 Å². The van der Waals surface area contributed by atoms with Crippen molar-refractivity contribution in [2.45, 2.75) is 31.3 Å². The summed E-state index contributed by atoms with van der Waals surface area (Å²) in [5.74, 6) is 1.05. The number of pyridine rings is 1. The molecule has 1 saturated heterocycles. The summed E-state index contributed by atoms with van der Waals surface area (Å²) in [4.78, 5) is 9.99. The average molecular weight is 595 g/mol. The molecule has 0 saturated carbocycles. The van der Waals surface area contributed by atoms with Crippen LogP contribution in [0.1, 0.15) is 41.5 Å². The average Bonchev–Trinajstić information content (AvgIpc) is 3.50. The molecule has 40 heavy (non-hydrogen) atoms. The molecule has 0 radical (unpaired) electrons. The topological polar surface area (TPSA) is 39.6 Å². The van der Waals surface area contributed by atoms with Gasteiger partial charge in [0.1, 0.15) is 11.4 Å². The Bertz CT molecular complexity index is 1640. The third kappa shape index (κ3) is 5.26. The second kappa shape index (κ2) is 11.3. The first kappa shape index (κ1) is 26.9. The van der Waals surface area contributed by atoms with E-state index in [1.54, 1.807) is 0 Å². The van der Waals surface area contributed by atoms with Gasteiger partial charge in [-0.25, -0.2) is 4.98 Å². The number of aliphatic hydroxyl groups is 1. The third-order valence-electron chi connectivity index (χ3n) is 8.18. The van der Waals surface area contributed by atoms with Crippen LogP contribution >= 0.6 is 15.9 Å². The maximum absolute atomic E-state index is 12.9. The minimum atomic E-state index is -1.23. The molecule has 0 bridgehead atoms. The molecular weight excluding hydrogens is 558 g/mol. The van der Waals surface area contributed by atoms with Crippen LogP contribution in [0, 0.1) is 0 Å². The third-order valence-corrected chi connectivity index (χ3v) is 8.64. The second-order valence-electron chi connectivity index (χ2n) is 11.3. The molecule has 1 aliphatic heterocycles. The predicted octanol–water partition coefficient (Wildman–Crippen LogP) is 7.53. The SMILES string of the molecule is CN(C)CCC(O)(c1cccc2ccccc12)c1cc(Br)cc2cc(Cc3ccccc3)c(N3CCCC3)nc12. The van der Waals surface area contributed by atoms with E-state index >= 15 is 0 Å². The molecular formula is C35H36BrN3O. The predicted molar refractivity (Wildman–Crippen MR) is 170 cm³/mol. The van der Waals surface area contributed by atoms with E-state index in [0.717, 1.165) is 69.1 Å². The molecule has 5 aromatic rings. The maximum atomic E-state index is 12.9. The van der Waals surface area contributed by atoms with Crippen LogP contribution in [0.3, 0.4) is 0 Å². The molecule has 1 aliphatic rings. The Morgan fingerprint density at radius 1 is 0.850 bits per heavy atom. The van der Waals surface area contributed by atoms with Gasteiger partial charge in [-0.3, -0.25) is 0 Å². The highest BCUT2D eigenvalue weighted by molar-refractivity contribution is 9.10.